The minimum absolute atomic E-state index is 0.0673. The van der Waals surface area contributed by atoms with Crippen LogP contribution in [-0.4, -0.2) is 49.3 Å². The summed E-state index contributed by atoms with van der Waals surface area (Å²) in [4.78, 5) is 34.0. The molecule has 1 N–H and O–H groups in total. The fourth-order valence-corrected chi connectivity index (χ4v) is 1.67. The molecule has 0 radical (unpaired) electrons. The lowest BCUT2D eigenvalue weighted by molar-refractivity contribution is -0.151. The molecule has 0 unspecified atom stereocenters. The highest BCUT2D eigenvalue weighted by molar-refractivity contribution is 5.82. The average Bonchev–Trinajstić information content (AvgIpc) is 2.54. The van der Waals surface area contributed by atoms with Crippen molar-refractivity contribution in [3.8, 4) is 0 Å². The molecule has 0 amide bonds. The van der Waals surface area contributed by atoms with Crippen molar-refractivity contribution in [1.29, 1.82) is 0 Å². The number of esters is 3. The maximum Gasteiger partial charge on any atom is 0.330 e. The van der Waals surface area contributed by atoms with Gasteiger partial charge in [0.1, 0.15) is 25.4 Å². The van der Waals surface area contributed by atoms with Crippen LogP contribution in [-0.2, 0) is 28.6 Å². The number of hydrogen-bond acceptors (Lipinski definition) is 7. The van der Waals surface area contributed by atoms with Crippen LogP contribution in [0.1, 0.15) is 13.8 Å². The third-order valence-electron chi connectivity index (χ3n) is 2.57. The van der Waals surface area contributed by atoms with Crippen LogP contribution in [0.25, 0.3) is 0 Å². The Hall–Kier alpha value is -2.41. The van der Waals surface area contributed by atoms with Gasteiger partial charge in [-0.3, -0.25) is 0 Å². The first-order chi connectivity index (χ1) is 10.8. The van der Waals surface area contributed by atoms with E-state index in [2.05, 4.69) is 25.1 Å². The van der Waals surface area contributed by atoms with Crippen molar-refractivity contribution in [3.63, 3.8) is 0 Å². The van der Waals surface area contributed by atoms with Crippen molar-refractivity contribution in [3.05, 3.63) is 38.0 Å². The lowest BCUT2D eigenvalue weighted by atomic mass is 10.0. The second kappa shape index (κ2) is 10.3. The second-order valence-corrected chi connectivity index (χ2v) is 5.01. The zero-order valence-electron chi connectivity index (χ0n) is 13.5. The largest absolute Gasteiger partial charge is 0.460 e. The quantitative estimate of drug-likeness (QED) is 0.343. The van der Waals surface area contributed by atoms with Gasteiger partial charge in [0.2, 0.25) is 0 Å². The number of ether oxygens (including phenoxy) is 3. The van der Waals surface area contributed by atoms with Crippen LogP contribution < -0.4 is 5.32 Å². The molecule has 0 bridgehead atoms. The molecule has 0 saturated heterocycles. The Morgan fingerprint density at radius 1 is 0.870 bits per heavy atom. The van der Waals surface area contributed by atoms with Gasteiger partial charge in [0.25, 0.3) is 0 Å². The highest BCUT2D eigenvalue weighted by Gasteiger charge is 2.35. The predicted molar refractivity (Wildman–Crippen MR) is 84.5 cm³/mol. The number of rotatable bonds is 11. The molecule has 7 heteroatoms. The summed E-state index contributed by atoms with van der Waals surface area (Å²) in [6.45, 7) is 13.0. The molecule has 0 atom stereocenters. The van der Waals surface area contributed by atoms with E-state index in [1.807, 2.05) is 13.8 Å². The summed E-state index contributed by atoms with van der Waals surface area (Å²) in [5.41, 5.74) is -1.11. The highest BCUT2D eigenvalue weighted by Crippen LogP contribution is 2.11. The summed E-state index contributed by atoms with van der Waals surface area (Å²) in [6, 6.07) is -0.0673. The van der Waals surface area contributed by atoms with Crippen LogP contribution in [0.5, 0.6) is 0 Å². The molecule has 0 aromatic heterocycles. The van der Waals surface area contributed by atoms with E-state index in [0.717, 1.165) is 18.2 Å². The predicted octanol–water partition coefficient (Wildman–Crippen LogP) is 0.911. The van der Waals surface area contributed by atoms with E-state index in [9.17, 15) is 14.4 Å². The van der Waals surface area contributed by atoms with Crippen LogP contribution >= 0.6 is 0 Å². The van der Waals surface area contributed by atoms with E-state index in [1.54, 1.807) is 0 Å². The van der Waals surface area contributed by atoms with Crippen LogP contribution in [0.2, 0.25) is 0 Å². The van der Waals surface area contributed by atoms with E-state index in [4.69, 9.17) is 14.2 Å². The van der Waals surface area contributed by atoms with E-state index >= 15 is 0 Å². The molecule has 0 aliphatic heterocycles. The number of nitrogens with one attached hydrogen (secondary N) is 1. The van der Waals surface area contributed by atoms with Gasteiger partial charge < -0.3 is 19.5 Å². The van der Waals surface area contributed by atoms with Gasteiger partial charge in [0, 0.05) is 24.3 Å². The molecule has 0 saturated carbocycles. The van der Waals surface area contributed by atoms with Gasteiger partial charge in [-0.2, -0.15) is 0 Å². The maximum absolute atomic E-state index is 11.3. The van der Waals surface area contributed by atoms with Crippen LogP contribution in [0.4, 0.5) is 0 Å². The Morgan fingerprint density at radius 3 is 1.39 bits per heavy atom. The number of carbonyl (C=O) groups excluding carboxylic acids is 3. The first-order valence-corrected chi connectivity index (χ1v) is 6.94. The molecule has 0 fully saturated rings. The van der Waals surface area contributed by atoms with Crippen LogP contribution in [0, 0.1) is 0 Å². The van der Waals surface area contributed by atoms with E-state index in [-0.39, 0.29) is 25.9 Å². The summed E-state index contributed by atoms with van der Waals surface area (Å²) in [5.74, 6) is -1.94. The van der Waals surface area contributed by atoms with Crippen molar-refractivity contribution < 1.29 is 28.6 Å². The maximum atomic E-state index is 11.3. The first kappa shape index (κ1) is 20.6. The second-order valence-electron chi connectivity index (χ2n) is 5.01. The normalized spacial score (nSPS) is 10.6. The van der Waals surface area contributed by atoms with Crippen LogP contribution in [0.3, 0.4) is 0 Å². The first-order valence-electron chi connectivity index (χ1n) is 6.94. The van der Waals surface area contributed by atoms with Crippen molar-refractivity contribution >= 4 is 17.9 Å². The van der Waals surface area contributed by atoms with Crippen molar-refractivity contribution in [2.24, 2.45) is 0 Å². The lowest BCUT2D eigenvalue weighted by Crippen LogP contribution is -2.59. The Morgan fingerprint density at radius 2 is 1.17 bits per heavy atom. The smallest absolute Gasteiger partial charge is 0.330 e. The third-order valence-corrected chi connectivity index (χ3v) is 2.57. The zero-order chi connectivity index (χ0) is 17.9. The third kappa shape index (κ3) is 8.57. The van der Waals surface area contributed by atoms with Crippen molar-refractivity contribution in [2.75, 3.05) is 19.8 Å². The monoisotopic (exact) mass is 325 g/mol. The van der Waals surface area contributed by atoms with E-state index < -0.39 is 23.4 Å². The molecule has 0 aliphatic rings. The Kier molecular flexibility index (Phi) is 9.26. The summed E-state index contributed by atoms with van der Waals surface area (Å²) in [5, 5.41) is 3.10. The Balaban J connectivity index is 5.21. The lowest BCUT2D eigenvalue weighted by Gasteiger charge is -2.34. The summed E-state index contributed by atoms with van der Waals surface area (Å²) in [6.07, 6.45) is 3.02. The standard InChI is InChI=1S/C16H23NO6/c1-6-13(18)21-9-16(17-12(4)5,10-22-14(19)7-2)11-23-15(20)8-3/h6-8,12,17H,1-3,9-11H2,4-5H3. The Labute approximate surface area is 136 Å². The Bertz CT molecular complexity index is 409. The molecule has 0 rings (SSSR count). The van der Waals surface area contributed by atoms with Gasteiger partial charge in [-0.15, -0.1) is 0 Å². The van der Waals surface area contributed by atoms with Gasteiger partial charge in [-0.25, -0.2) is 14.4 Å². The summed E-state index contributed by atoms with van der Waals surface area (Å²) in [7, 11) is 0. The molecule has 0 heterocycles. The number of carbonyl (C=O) groups is 3. The van der Waals surface area contributed by atoms with Gasteiger partial charge in [0.15, 0.2) is 0 Å². The van der Waals surface area contributed by atoms with Gasteiger partial charge in [-0.1, -0.05) is 33.6 Å². The van der Waals surface area contributed by atoms with E-state index in [0.29, 0.717) is 0 Å². The molecular formula is C16H23NO6. The van der Waals surface area contributed by atoms with Gasteiger partial charge in [0.05, 0.1) is 0 Å². The molecule has 23 heavy (non-hydrogen) atoms. The molecule has 128 valence electrons. The topological polar surface area (TPSA) is 90.9 Å². The fourth-order valence-electron chi connectivity index (χ4n) is 1.67. The number of hydrogen-bond donors (Lipinski definition) is 1. The average molecular weight is 325 g/mol. The molecule has 0 aliphatic carbocycles. The molecular weight excluding hydrogens is 302 g/mol. The van der Waals surface area contributed by atoms with E-state index in [1.165, 1.54) is 0 Å². The van der Waals surface area contributed by atoms with Gasteiger partial charge in [-0.05, 0) is 0 Å². The summed E-state index contributed by atoms with van der Waals surface area (Å²) < 4.78 is 15.1. The minimum Gasteiger partial charge on any atom is -0.460 e. The molecule has 0 aromatic rings. The van der Waals surface area contributed by atoms with Gasteiger partial charge >= 0.3 is 17.9 Å². The SMILES string of the molecule is C=CC(=O)OCC(COC(=O)C=C)(COC(=O)C=C)NC(C)C. The minimum atomic E-state index is -1.11. The molecule has 0 aromatic carbocycles. The van der Waals surface area contributed by atoms with Crippen molar-refractivity contribution in [2.45, 2.75) is 25.4 Å². The highest BCUT2D eigenvalue weighted by atomic mass is 16.6. The van der Waals surface area contributed by atoms with Crippen LogP contribution in [0.15, 0.2) is 38.0 Å². The molecule has 0 spiro atoms. The zero-order valence-corrected chi connectivity index (χ0v) is 13.5. The summed E-state index contributed by atoms with van der Waals surface area (Å²) >= 11 is 0. The van der Waals surface area contributed by atoms with Crippen molar-refractivity contribution in [1.82, 2.24) is 5.32 Å². The fraction of sp³-hybridized carbons (Fsp3) is 0.438. The molecule has 7 nitrogen and oxygen atoms in total.